The highest BCUT2D eigenvalue weighted by Gasteiger charge is 2.14. The number of carboxylic acids is 1. The number of aliphatic carboxylic acids is 1. The molecule has 0 amide bonds. The summed E-state index contributed by atoms with van der Waals surface area (Å²) in [7, 11) is 0. The fourth-order valence-electron chi connectivity index (χ4n) is 1.90. The first-order valence-corrected chi connectivity index (χ1v) is 7.25. The molecular weight excluding hydrogens is 256 g/mol. The van der Waals surface area contributed by atoms with E-state index in [0.717, 1.165) is 0 Å². The van der Waals surface area contributed by atoms with Crippen LogP contribution in [-0.4, -0.2) is 16.8 Å². The second-order valence-electron chi connectivity index (χ2n) is 4.22. The van der Waals surface area contributed by atoms with Gasteiger partial charge in [-0.2, -0.15) is 0 Å². The molecule has 19 heavy (non-hydrogen) atoms. The van der Waals surface area contributed by atoms with E-state index in [9.17, 15) is 4.79 Å². The van der Waals surface area contributed by atoms with Crippen molar-refractivity contribution in [2.24, 2.45) is 0 Å². The third-order valence-electron chi connectivity index (χ3n) is 2.81. The molecule has 0 fully saturated rings. The minimum atomic E-state index is -0.743. The van der Waals surface area contributed by atoms with Crippen LogP contribution in [0.5, 0.6) is 0 Å². The van der Waals surface area contributed by atoms with Crippen LogP contribution in [0.25, 0.3) is 0 Å². The summed E-state index contributed by atoms with van der Waals surface area (Å²) in [6.45, 7) is 0. The zero-order valence-corrected chi connectivity index (χ0v) is 11.3. The van der Waals surface area contributed by atoms with Crippen molar-refractivity contribution in [3.8, 4) is 0 Å². The first kappa shape index (κ1) is 13.7. The van der Waals surface area contributed by atoms with Gasteiger partial charge < -0.3 is 5.11 Å². The van der Waals surface area contributed by atoms with E-state index in [0.29, 0.717) is 5.75 Å². The topological polar surface area (TPSA) is 37.3 Å². The van der Waals surface area contributed by atoms with Gasteiger partial charge >= 0.3 is 5.97 Å². The number of thioether (sulfide) groups is 1. The highest BCUT2D eigenvalue weighted by molar-refractivity contribution is 7.99. The highest BCUT2D eigenvalue weighted by Crippen LogP contribution is 2.35. The average molecular weight is 272 g/mol. The van der Waals surface area contributed by atoms with E-state index in [1.165, 1.54) is 11.1 Å². The summed E-state index contributed by atoms with van der Waals surface area (Å²) in [5.74, 6) is -0.128. The van der Waals surface area contributed by atoms with E-state index < -0.39 is 5.97 Å². The van der Waals surface area contributed by atoms with Crippen molar-refractivity contribution in [1.82, 2.24) is 0 Å². The van der Waals surface area contributed by atoms with Gasteiger partial charge in [-0.15, -0.1) is 11.8 Å². The molecule has 2 aromatic carbocycles. The Labute approximate surface area is 117 Å². The van der Waals surface area contributed by atoms with Crippen LogP contribution in [0.3, 0.4) is 0 Å². The van der Waals surface area contributed by atoms with Gasteiger partial charge in [0.05, 0.1) is 11.7 Å². The van der Waals surface area contributed by atoms with E-state index in [4.69, 9.17) is 5.11 Å². The van der Waals surface area contributed by atoms with E-state index in [2.05, 4.69) is 24.3 Å². The fraction of sp³-hybridized carbons (Fsp3) is 0.188. The van der Waals surface area contributed by atoms with Crippen LogP contribution < -0.4 is 0 Å². The maximum absolute atomic E-state index is 10.6. The SMILES string of the molecule is O=C(O)CCSC(c1ccccc1)c1ccccc1. The van der Waals surface area contributed by atoms with E-state index in [-0.39, 0.29) is 11.7 Å². The van der Waals surface area contributed by atoms with E-state index >= 15 is 0 Å². The largest absolute Gasteiger partial charge is 0.481 e. The molecule has 0 spiro atoms. The van der Waals surface area contributed by atoms with Gasteiger partial charge in [0.1, 0.15) is 0 Å². The second kappa shape index (κ2) is 7.00. The molecule has 2 aromatic rings. The maximum atomic E-state index is 10.6. The number of carboxylic acid groups (broad SMARTS) is 1. The molecule has 0 bridgehead atoms. The second-order valence-corrected chi connectivity index (χ2v) is 5.43. The first-order valence-electron chi connectivity index (χ1n) is 6.20. The van der Waals surface area contributed by atoms with Crippen molar-refractivity contribution in [2.75, 3.05) is 5.75 Å². The van der Waals surface area contributed by atoms with Crippen molar-refractivity contribution < 1.29 is 9.90 Å². The molecule has 0 aliphatic rings. The zero-order valence-electron chi connectivity index (χ0n) is 10.5. The first-order chi connectivity index (χ1) is 9.27. The number of benzene rings is 2. The van der Waals surface area contributed by atoms with Crippen molar-refractivity contribution >= 4 is 17.7 Å². The van der Waals surface area contributed by atoms with Gasteiger partial charge in [-0.1, -0.05) is 60.7 Å². The molecule has 0 aromatic heterocycles. The molecule has 3 heteroatoms. The lowest BCUT2D eigenvalue weighted by molar-refractivity contribution is -0.136. The summed E-state index contributed by atoms with van der Waals surface area (Å²) in [5, 5.41) is 8.95. The van der Waals surface area contributed by atoms with E-state index in [1.54, 1.807) is 11.8 Å². The summed E-state index contributed by atoms with van der Waals surface area (Å²) in [6.07, 6.45) is 0.195. The summed E-state index contributed by atoms with van der Waals surface area (Å²) in [5.41, 5.74) is 2.42. The molecule has 0 radical (unpaired) electrons. The van der Waals surface area contributed by atoms with Gasteiger partial charge in [0.15, 0.2) is 0 Å². The van der Waals surface area contributed by atoms with Crippen LogP contribution in [0.2, 0.25) is 0 Å². The van der Waals surface area contributed by atoms with Crippen molar-refractivity contribution in [3.63, 3.8) is 0 Å². The molecule has 0 heterocycles. The number of hydrogen-bond acceptors (Lipinski definition) is 2. The van der Waals surface area contributed by atoms with Gasteiger partial charge in [0, 0.05) is 5.75 Å². The minimum Gasteiger partial charge on any atom is -0.481 e. The Kier molecular flexibility index (Phi) is 5.04. The monoisotopic (exact) mass is 272 g/mol. The van der Waals surface area contributed by atoms with Gasteiger partial charge in [-0.25, -0.2) is 0 Å². The van der Waals surface area contributed by atoms with Crippen molar-refractivity contribution in [2.45, 2.75) is 11.7 Å². The third-order valence-corrected chi connectivity index (χ3v) is 4.12. The van der Waals surface area contributed by atoms with Crippen LogP contribution in [0.4, 0.5) is 0 Å². The molecule has 2 nitrogen and oxygen atoms in total. The third kappa shape index (κ3) is 4.14. The Morgan fingerprint density at radius 2 is 1.42 bits per heavy atom. The smallest absolute Gasteiger partial charge is 0.304 e. The molecule has 0 aliphatic heterocycles. The number of rotatable bonds is 6. The van der Waals surface area contributed by atoms with Crippen LogP contribution in [0.1, 0.15) is 22.8 Å². The Balaban J connectivity index is 2.17. The molecule has 2 rings (SSSR count). The summed E-state index contributed by atoms with van der Waals surface area (Å²) in [6, 6.07) is 20.4. The predicted octanol–water partition coefficient (Wildman–Crippen LogP) is 3.98. The standard InChI is InChI=1S/C16H16O2S/c17-15(18)11-12-19-16(13-7-3-1-4-8-13)14-9-5-2-6-10-14/h1-10,16H,11-12H2,(H,17,18). The maximum Gasteiger partial charge on any atom is 0.304 e. The van der Waals surface area contributed by atoms with Crippen LogP contribution >= 0.6 is 11.8 Å². The predicted molar refractivity (Wildman–Crippen MR) is 79.4 cm³/mol. The van der Waals surface area contributed by atoms with Gasteiger partial charge in [0.25, 0.3) is 0 Å². The molecule has 0 saturated carbocycles. The highest BCUT2D eigenvalue weighted by atomic mass is 32.2. The summed E-state index contributed by atoms with van der Waals surface area (Å²) < 4.78 is 0. The van der Waals surface area contributed by atoms with Gasteiger partial charge in [-0.05, 0) is 11.1 Å². The molecule has 0 saturated heterocycles. The van der Waals surface area contributed by atoms with Crippen LogP contribution in [0.15, 0.2) is 60.7 Å². The number of carbonyl (C=O) groups is 1. The molecular formula is C16H16O2S. The van der Waals surface area contributed by atoms with Gasteiger partial charge in [-0.3, -0.25) is 4.79 Å². The minimum absolute atomic E-state index is 0.195. The molecule has 0 aliphatic carbocycles. The van der Waals surface area contributed by atoms with Crippen LogP contribution in [0, 0.1) is 0 Å². The Hall–Kier alpha value is -1.74. The number of hydrogen-bond donors (Lipinski definition) is 1. The Morgan fingerprint density at radius 3 is 1.84 bits per heavy atom. The summed E-state index contributed by atoms with van der Waals surface area (Å²) >= 11 is 1.68. The lowest BCUT2D eigenvalue weighted by atomic mass is 10.0. The summed E-state index contributed by atoms with van der Waals surface area (Å²) in [4.78, 5) is 10.6. The fourth-order valence-corrected chi connectivity index (χ4v) is 3.13. The Morgan fingerprint density at radius 1 is 0.947 bits per heavy atom. The van der Waals surface area contributed by atoms with Crippen LogP contribution in [-0.2, 0) is 4.79 Å². The Bertz CT molecular complexity index is 471. The molecule has 98 valence electrons. The van der Waals surface area contributed by atoms with Crippen molar-refractivity contribution in [3.05, 3.63) is 71.8 Å². The molecule has 1 N–H and O–H groups in total. The lowest BCUT2D eigenvalue weighted by Crippen LogP contribution is -2.01. The normalized spacial score (nSPS) is 10.6. The molecule has 0 unspecified atom stereocenters. The molecule has 0 atom stereocenters. The van der Waals surface area contributed by atoms with E-state index in [1.807, 2.05) is 36.4 Å². The average Bonchev–Trinajstić information content (AvgIpc) is 2.45. The quantitative estimate of drug-likeness (QED) is 0.864. The van der Waals surface area contributed by atoms with Crippen molar-refractivity contribution in [1.29, 1.82) is 0 Å². The lowest BCUT2D eigenvalue weighted by Gasteiger charge is -2.17. The zero-order chi connectivity index (χ0) is 13.5. The van der Waals surface area contributed by atoms with Gasteiger partial charge in [0.2, 0.25) is 0 Å².